The molecule has 11 nitrogen and oxygen atoms in total. The van der Waals surface area contributed by atoms with Crippen molar-refractivity contribution >= 4 is 50.5 Å². The van der Waals surface area contributed by atoms with Crippen molar-refractivity contribution in [3.05, 3.63) is 69.3 Å². The minimum atomic E-state index is -1.83. The molecule has 3 aliphatic heterocycles. The van der Waals surface area contributed by atoms with E-state index in [9.17, 15) is 19.2 Å². The molecule has 0 bridgehead atoms. The van der Waals surface area contributed by atoms with Gasteiger partial charge in [-0.05, 0) is 43.9 Å². The van der Waals surface area contributed by atoms with Gasteiger partial charge in [0.05, 0.1) is 35.7 Å². The average Bonchev–Trinajstić information content (AvgIpc) is 3.70. The molecule has 5 heterocycles. The molecule has 0 aliphatic carbocycles. The van der Waals surface area contributed by atoms with E-state index >= 15 is 0 Å². The molecular weight excluding hydrogens is 631 g/mol. The van der Waals surface area contributed by atoms with E-state index in [-0.39, 0.29) is 49.9 Å². The molecule has 46 heavy (non-hydrogen) atoms. The Hall–Kier alpha value is -3.55. The largest absolute Gasteiger partial charge is 0.509 e. The van der Waals surface area contributed by atoms with Crippen molar-refractivity contribution in [2.45, 2.75) is 69.3 Å². The number of esters is 1. The molecule has 13 heteroatoms. The van der Waals surface area contributed by atoms with Gasteiger partial charge in [-0.1, -0.05) is 53.1 Å². The van der Waals surface area contributed by atoms with Crippen LogP contribution in [0, 0.1) is 0 Å². The number of amides is 1. The van der Waals surface area contributed by atoms with Gasteiger partial charge in [0.25, 0.3) is 5.56 Å². The number of pyridine rings is 2. The van der Waals surface area contributed by atoms with Crippen LogP contribution in [-0.2, 0) is 47.2 Å². The molecule has 0 saturated carbocycles. The zero-order valence-electron chi connectivity index (χ0n) is 25.7. The van der Waals surface area contributed by atoms with Crippen LogP contribution >= 0.6 is 21.6 Å². The number of fused-ring (bicyclic) bond motifs is 5. The van der Waals surface area contributed by atoms with Crippen LogP contribution in [0.4, 0.5) is 4.79 Å². The minimum absolute atomic E-state index is 0.000223. The monoisotopic (exact) mass is 667 g/mol. The molecule has 244 valence electrons. The minimum Gasteiger partial charge on any atom is -0.457 e. The Morgan fingerprint density at radius 1 is 1.15 bits per heavy atom. The third-order valence-electron chi connectivity index (χ3n) is 8.55. The van der Waals surface area contributed by atoms with E-state index in [2.05, 4.69) is 5.32 Å². The zero-order valence-corrected chi connectivity index (χ0v) is 27.3. The van der Waals surface area contributed by atoms with E-state index in [0.717, 1.165) is 41.1 Å². The highest BCUT2D eigenvalue weighted by molar-refractivity contribution is 8.77. The number of aromatic nitrogens is 2. The van der Waals surface area contributed by atoms with E-state index in [1.54, 1.807) is 17.6 Å². The van der Waals surface area contributed by atoms with Gasteiger partial charge in [0.2, 0.25) is 11.5 Å². The van der Waals surface area contributed by atoms with Gasteiger partial charge in [0.15, 0.2) is 0 Å². The van der Waals surface area contributed by atoms with Crippen molar-refractivity contribution in [2.75, 3.05) is 32.1 Å². The van der Waals surface area contributed by atoms with Gasteiger partial charge in [-0.3, -0.25) is 19.1 Å². The van der Waals surface area contributed by atoms with Gasteiger partial charge in [0.1, 0.15) is 13.2 Å². The van der Waals surface area contributed by atoms with Crippen LogP contribution in [0.1, 0.15) is 68.0 Å². The zero-order chi connectivity index (χ0) is 32.1. The van der Waals surface area contributed by atoms with Gasteiger partial charge in [-0.15, -0.1) is 0 Å². The fraction of sp³-hybridized carbons (Fsp3) is 0.485. The quantitative estimate of drug-likeness (QED) is 0.118. The van der Waals surface area contributed by atoms with Crippen molar-refractivity contribution in [1.82, 2.24) is 14.9 Å². The third-order valence-corrected chi connectivity index (χ3v) is 11.6. The maximum absolute atomic E-state index is 13.8. The van der Waals surface area contributed by atoms with Gasteiger partial charge in [0, 0.05) is 47.0 Å². The maximum Gasteiger partial charge on any atom is 0.509 e. The number of rotatable bonds is 13. The molecule has 3 aliphatic rings. The van der Waals surface area contributed by atoms with Crippen LogP contribution in [0.25, 0.3) is 16.6 Å². The summed E-state index contributed by atoms with van der Waals surface area (Å²) in [5, 5.41) is 4.47. The van der Waals surface area contributed by atoms with Crippen molar-refractivity contribution in [3.8, 4) is 5.69 Å². The molecule has 2 atom stereocenters. The Labute approximate surface area is 274 Å². The van der Waals surface area contributed by atoms with Crippen molar-refractivity contribution < 1.29 is 33.3 Å². The van der Waals surface area contributed by atoms with Crippen molar-refractivity contribution in [3.63, 3.8) is 0 Å². The molecule has 3 aromatic rings. The highest BCUT2D eigenvalue weighted by Crippen LogP contribution is 2.41. The molecule has 1 fully saturated rings. The van der Waals surface area contributed by atoms with Gasteiger partial charge >= 0.3 is 12.1 Å². The number of benzene rings is 1. The smallest absolute Gasteiger partial charge is 0.457 e. The maximum atomic E-state index is 13.8. The van der Waals surface area contributed by atoms with Crippen LogP contribution in [0.15, 0.2) is 41.2 Å². The van der Waals surface area contributed by atoms with E-state index in [1.807, 2.05) is 51.9 Å². The summed E-state index contributed by atoms with van der Waals surface area (Å²) in [4.78, 5) is 56.5. The number of hydrogen-bond donors (Lipinski definition) is 1. The lowest BCUT2D eigenvalue weighted by molar-refractivity contribution is -0.175. The number of ether oxygens (including phenoxy) is 4. The molecule has 1 aromatic carbocycles. The first-order valence-corrected chi connectivity index (χ1v) is 18.1. The number of carbonyl (C=O) groups excluding carboxylic acids is 3. The summed E-state index contributed by atoms with van der Waals surface area (Å²) < 4.78 is 23.3. The number of cyclic esters (lactones) is 1. The second-order valence-corrected chi connectivity index (χ2v) is 14.3. The SMILES string of the molecule is CCC1(OC(=O)OCCOCCNC(=O)CCCCC2CCSS2)C(=O)OCc2c1cc1n(c2=O)-c2cc3ccccc3nc2C1. The van der Waals surface area contributed by atoms with Gasteiger partial charge in [-0.25, -0.2) is 9.59 Å². The third kappa shape index (κ3) is 6.77. The summed E-state index contributed by atoms with van der Waals surface area (Å²) in [6.07, 6.45) is 4.21. The molecule has 1 saturated heterocycles. The fourth-order valence-electron chi connectivity index (χ4n) is 6.13. The van der Waals surface area contributed by atoms with Crippen molar-refractivity contribution in [2.24, 2.45) is 0 Å². The van der Waals surface area contributed by atoms with Gasteiger partial charge in [-0.2, -0.15) is 0 Å². The van der Waals surface area contributed by atoms with Crippen LogP contribution in [0.3, 0.4) is 0 Å². The van der Waals surface area contributed by atoms with Gasteiger partial charge < -0.3 is 24.3 Å². The standard InChI is InChI=1S/C33H37N3O8S2/c1-2-33(44-32(40)42-15-14-41-13-12-34-29(37)10-6-4-8-23-11-16-45-46-23)25-18-22-19-27-28(17-21-7-3-5-9-26(21)35-27)36(22)30(38)24(25)20-43-31(33)39/h3,5,7,9,17-18,23H,2,4,6,8,10-16,19-20H2,1H3,(H,34,37). The second-order valence-electron chi connectivity index (χ2n) is 11.5. The molecule has 2 aromatic heterocycles. The Morgan fingerprint density at radius 3 is 2.85 bits per heavy atom. The van der Waals surface area contributed by atoms with Crippen molar-refractivity contribution in [1.29, 1.82) is 0 Å². The van der Waals surface area contributed by atoms with Crippen LogP contribution < -0.4 is 10.9 Å². The predicted octanol–water partition coefficient (Wildman–Crippen LogP) is 4.95. The number of nitrogens with one attached hydrogen (secondary N) is 1. The average molecular weight is 668 g/mol. The number of nitrogens with zero attached hydrogens (tertiary/aromatic N) is 2. The number of para-hydroxylation sites is 1. The summed E-state index contributed by atoms with van der Waals surface area (Å²) in [6, 6.07) is 11.4. The molecular formula is C33H37N3O8S2. The molecule has 6 rings (SSSR count). The molecule has 0 spiro atoms. The number of unbranched alkanes of at least 4 members (excludes halogenated alkanes) is 1. The summed E-state index contributed by atoms with van der Waals surface area (Å²) in [7, 11) is 3.89. The van der Waals surface area contributed by atoms with E-state index in [4.69, 9.17) is 23.9 Å². The Balaban J connectivity index is 1.00. The summed E-state index contributed by atoms with van der Waals surface area (Å²) in [6.45, 7) is 2.04. The fourth-order valence-corrected chi connectivity index (χ4v) is 9.16. The number of hydrogen-bond acceptors (Lipinski definition) is 11. The normalized spacial score (nSPS) is 19.7. The lowest BCUT2D eigenvalue weighted by Gasteiger charge is -2.35. The van der Waals surface area contributed by atoms with E-state index in [0.29, 0.717) is 36.3 Å². The predicted molar refractivity (Wildman–Crippen MR) is 175 cm³/mol. The highest BCUT2D eigenvalue weighted by atomic mass is 33.1. The second kappa shape index (κ2) is 14.5. The Morgan fingerprint density at radius 2 is 2.02 bits per heavy atom. The molecule has 1 N–H and O–H groups in total. The first kappa shape index (κ1) is 32.4. The van der Waals surface area contributed by atoms with E-state index < -0.39 is 17.7 Å². The summed E-state index contributed by atoms with van der Waals surface area (Å²) in [5.74, 6) is 0.466. The first-order valence-electron chi connectivity index (χ1n) is 15.7. The number of carbonyl (C=O) groups is 3. The first-order chi connectivity index (χ1) is 22.4. The summed E-state index contributed by atoms with van der Waals surface area (Å²) >= 11 is 0. The van der Waals surface area contributed by atoms with Crippen LogP contribution in [-0.4, -0.2) is 65.0 Å². The molecule has 0 radical (unpaired) electrons. The molecule has 2 unspecified atom stereocenters. The lowest BCUT2D eigenvalue weighted by atomic mass is 9.85. The Bertz CT molecular complexity index is 1690. The highest BCUT2D eigenvalue weighted by Gasteiger charge is 2.51. The molecule has 1 amide bonds. The summed E-state index contributed by atoms with van der Waals surface area (Å²) in [5.41, 5.74) is 1.30. The van der Waals surface area contributed by atoms with Crippen LogP contribution in [0.2, 0.25) is 0 Å². The van der Waals surface area contributed by atoms with E-state index in [1.165, 1.54) is 12.2 Å². The lowest BCUT2D eigenvalue weighted by Crippen LogP contribution is -2.47. The topological polar surface area (TPSA) is 135 Å². The van der Waals surface area contributed by atoms with Crippen LogP contribution in [0.5, 0.6) is 0 Å². The Kier molecular flexibility index (Phi) is 10.2.